The summed E-state index contributed by atoms with van der Waals surface area (Å²) in [5.41, 5.74) is 1.52. The van der Waals surface area contributed by atoms with Gasteiger partial charge in [-0.3, -0.25) is 4.79 Å². The van der Waals surface area contributed by atoms with Gasteiger partial charge in [0.25, 0.3) is 5.91 Å². The highest BCUT2D eigenvalue weighted by atomic mass is 32.1. The number of nitrogens with one attached hydrogen (secondary N) is 2. The van der Waals surface area contributed by atoms with E-state index in [0.717, 1.165) is 11.0 Å². The number of imidazole rings is 1. The van der Waals surface area contributed by atoms with E-state index < -0.39 is 11.8 Å². The van der Waals surface area contributed by atoms with Crippen LogP contribution >= 0.6 is 11.3 Å². The number of benzene rings is 1. The fourth-order valence-corrected chi connectivity index (χ4v) is 2.35. The van der Waals surface area contributed by atoms with Crippen molar-refractivity contribution in [1.82, 2.24) is 15.0 Å². The van der Waals surface area contributed by atoms with Crippen LogP contribution in [0.5, 0.6) is 0 Å². The van der Waals surface area contributed by atoms with Crippen LogP contribution in [-0.4, -0.2) is 20.9 Å². The van der Waals surface area contributed by atoms with Crippen LogP contribution in [0, 0.1) is 11.3 Å². The molecule has 2 heterocycles. The zero-order valence-corrected chi connectivity index (χ0v) is 11.0. The third kappa shape index (κ3) is 2.24. The number of carbonyl (C=O) groups is 1. The van der Waals surface area contributed by atoms with Crippen LogP contribution in [0.2, 0.25) is 0 Å². The Bertz CT molecular complexity index is 754. The summed E-state index contributed by atoms with van der Waals surface area (Å²) < 4.78 is 0. The Labute approximate surface area is 118 Å². The molecule has 0 aliphatic heterocycles. The second-order valence-electron chi connectivity index (χ2n) is 4.03. The van der Waals surface area contributed by atoms with Crippen molar-refractivity contribution in [1.29, 1.82) is 5.26 Å². The van der Waals surface area contributed by atoms with Gasteiger partial charge in [-0.2, -0.15) is 5.26 Å². The number of amides is 1. The van der Waals surface area contributed by atoms with E-state index in [0.29, 0.717) is 11.0 Å². The first-order valence-corrected chi connectivity index (χ1v) is 6.70. The van der Waals surface area contributed by atoms with Crippen LogP contribution < -0.4 is 5.32 Å². The van der Waals surface area contributed by atoms with Crippen molar-refractivity contribution >= 4 is 33.4 Å². The molecular weight excluding hydrogens is 274 g/mol. The third-order valence-corrected chi connectivity index (χ3v) is 3.42. The quantitative estimate of drug-likeness (QED) is 0.770. The molecule has 2 N–H and O–H groups in total. The van der Waals surface area contributed by atoms with E-state index in [4.69, 9.17) is 0 Å². The molecule has 7 heteroatoms. The molecule has 2 aromatic heterocycles. The summed E-state index contributed by atoms with van der Waals surface area (Å²) in [6.07, 6.45) is 1.59. The summed E-state index contributed by atoms with van der Waals surface area (Å²) in [5.74, 6) is -1.10. The van der Waals surface area contributed by atoms with Crippen molar-refractivity contribution < 1.29 is 4.79 Å². The van der Waals surface area contributed by atoms with Gasteiger partial charge in [0.2, 0.25) is 0 Å². The number of thiazole rings is 1. The van der Waals surface area contributed by atoms with Gasteiger partial charge in [0.05, 0.1) is 17.1 Å². The minimum Gasteiger partial charge on any atom is -0.340 e. The Morgan fingerprint density at radius 2 is 2.30 bits per heavy atom. The van der Waals surface area contributed by atoms with E-state index >= 15 is 0 Å². The van der Waals surface area contributed by atoms with Gasteiger partial charge < -0.3 is 10.3 Å². The van der Waals surface area contributed by atoms with Crippen LogP contribution in [0.4, 0.5) is 5.13 Å². The molecular formula is C13H9N5OS. The van der Waals surface area contributed by atoms with E-state index in [1.54, 1.807) is 11.6 Å². The number of hydrogen-bond donors (Lipinski definition) is 2. The number of H-pyrrole nitrogens is 1. The number of nitriles is 1. The molecule has 1 atom stereocenters. The number of fused-ring (bicyclic) bond motifs is 1. The van der Waals surface area contributed by atoms with E-state index in [1.165, 1.54) is 11.3 Å². The van der Waals surface area contributed by atoms with Gasteiger partial charge in [-0.15, -0.1) is 11.3 Å². The Balaban J connectivity index is 1.89. The summed E-state index contributed by atoms with van der Waals surface area (Å²) in [6.45, 7) is 0. The zero-order chi connectivity index (χ0) is 13.9. The Hall–Kier alpha value is -2.72. The van der Waals surface area contributed by atoms with Crippen LogP contribution in [0.15, 0.2) is 35.8 Å². The Morgan fingerprint density at radius 3 is 3.00 bits per heavy atom. The molecule has 0 aliphatic carbocycles. The molecule has 0 aliphatic rings. The Kier molecular flexibility index (Phi) is 3.15. The van der Waals surface area contributed by atoms with Gasteiger partial charge in [0, 0.05) is 11.6 Å². The lowest BCUT2D eigenvalue weighted by atomic mass is 10.1. The molecule has 1 unspecified atom stereocenters. The number of hydrogen-bond acceptors (Lipinski definition) is 5. The lowest BCUT2D eigenvalue weighted by Gasteiger charge is -2.05. The maximum atomic E-state index is 12.1. The monoisotopic (exact) mass is 283 g/mol. The average Bonchev–Trinajstić information content (AvgIpc) is 3.08. The van der Waals surface area contributed by atoms with Gasteiger partial charge in [-0.1, -0.05) is 12.1 Å². The van der Waals surface area contributed by atoms with Crippen LogP contribution in [0.3, 0.4) is 0 Å². The number of nitrogens with zero attached hydrogens (tertiary/aromatic N) is 3. The fourth-order valence-electron chi connectivity index (χ4n) is 1.82. The zero-order valence-electron chi connectivity index (χ0n) is 10.2. The van der Waals surface area contributed by atoms with Gasteiger partial charge >= 0.3 is 0 Å². The van der Waals surface area contributed by atoms with Crippen LogP contribution in [0.25, 0.3) is 11.0 Å². The molecule has 1 amide bonds. The minimum absolute atomic E-state index is 0.336. The third-order valence-electron chi connectivity index (χ3n) is 2.73. The minimum atomic E-state index is -0.994. The summed E-state index contributed by atoms with van der Waals surface area (Å²) in [6, 6.07) is 9.34. The number of rotatable bonds is 3. The maximum Gasteiger partial charge on any atom is 0.251 e. The lowest BCUT2D eigenvalue weighted by molar-refractivity contribution is -0.116. The van der Waals surface area contributed by atoms with Crippen molar-refractivity contribution in [3.63, 3.8) is 0 Å². The molecule has 6 nitrogen and oxygen atoms in total. The topological polar surface area (TPSA) is 94.5 Å². The van der Waals surface area contributed by atoms with E-state index in [2.05, 4.69) is 20.3 Å². The van der Waals surface area contributed by atoms with Crippen molar-refractivity contribution in [2.24, 2.45) is 0 Å². The molecule has 20 heavy (non-hydrogen) atoms. The number of aromatic amines is 1. The molecule has 0 fully saturated rings. The summed E-state index contributed by atoms with van der Waals surface area (Å²) in [4.78, 5) is 23.3. The number of aromatic nitrogens is 3. The molecule has 1 aromatic carbocycles. The fraction of sp³-hybridized carbons (Fsp3) is 0.0769. The van der Waals surface area contributed by atoms with E-state index in [-0.39, 0.29) is 0 Å². The van der Waals surface area contributed by atoms with Gasteiger partial charge in [-0.05, 0) is 12.1 Å². The molecule has 3 rings (SSSR count). The van der Waals surface area contributed by atoms with Crippen LogP contribution in [0.1, 0.15) is 11.7 Å². The number of para-hydroxylation sites is 2. The largest absolute Gasteiger partial charge is 0.340 e. The van der Waals surface area contributed by atoms with Gasteiger partial charge in [0.1, 0.15) is 5.82 Å². The lowest BCUT2D eigenvalue weighted by Crippen LogP contribution is -2.20. The van der Waals surface area contributed by atoms with Crippen molar-refractivity contribution in [2.45, 2.75) is 5.92 Å². The predicted molar refractivity (Wildman–Crippen MR) is 75.2 cm³/mol. The smallest absolute Gasteiger partial charge is 0.251 e. The molecule has 0 saturated carbocycles. The van der Waals surface area contributed by atoms with E-state index in [1.807, 2.05) is 30.3 Å². The van der Waals surface area contributed by atoms with E-state index in [9.17, 15) is 10.1 Å². The molecule has 98 valence electrons. The van der Waals surface area contributed by atoms with Gasteiger partial charge in [-0.25, -0.2) is 9.97 Å². The highest BCUT2D eigenvalue weighted by Crippen LogP contribution is 2.19. The SMILES string of the molecule is N#CC(C(=O)Nc1nccs1)c1nc2ccccc2[nH]1. The van der Waals surface area contributed by atoms with Gasteiger partial charge in [0.15, 0.2) is 11.0 Å². The Morgan fingerprint density at radius 1 is 1.45 bits per heavy atom. The average molecular weight is 283 g/mol. The molecule has 3 aromatic rings. The maximum absolute atomic E-state index is 12.1. The number of anilines is 1. The molecule has 0 bridgehead atoms. The molecule has 0 saturated heterocycles. The summed E-state index contributed by atoms with van der Waals surface area (Å²) >= 11 is 1.30. The first-order valence-electron chi connectivity index (χ1n) is 5.82. The molecule has 0 spiro atoms. The second kappa shape index (κ2) is 5.11. The standard InChI is InChI=1S/C13H9N5OS/c14-7-8(12(19)18-13-15-5-6-20-13)11-16-9-3-1-2-4-10(9)17-11/h1-6,8H,(H,16,17)(H,15,18,19). The normalized spacial score (nSPS) is 11.9. The van der Waals surface area contributed by atoms with Crippen LogP contribution in [-0.2, 0) is 4.79 Å². The molecule has 0 radical (unpaired) electrons. The highest BCUT2D eigenvalue weighted by Gasteiger charge is 2.24. The van der Waals surface area contributed by atoms with Crippen molar-refractivity contribution in [2.75, 3.05) is 5.32 Å². The first kappa shape index (κ1) is 12.3. The van der Waals surface area contributed by atoms with Crippen molar-refractivity contribution in [3.05, 3.63) is 41.7 Å². The predicted octanol–water partition coefficient (Wildman–Crippen LogP) is 2.27. The summed E-state index contributed by atoms with van der Waals surface area (Å²) in [5, 5.41) is 14.0. The second-order valence-corrected chi connectivity index (χ2v) is 4.92. The highest BCUT2D eigenvalue weighted by molar-refractivity contribution is 7.13. The summed E-state index contributed by atoms with van der Waals surface area (Å²) in [7, 11) is 0. The first-order chi connectivity index (χ1) is 9.78. The number of carbonyl (C=O) groups excluding carboxylic acids is 1. The van der Waals surface area contributed by atoms with Crippen molar-refractivity contribution in [3.8, 4) is 6.07 Å².